The predicted octanol–water partition coefficient (Wildman–Crippen LogP) is 4.66. The van der Waals surface area contributed by atoms with Gasteiger partial charge in [-0.05, 0) is 36.4 Å². The van der Waals surface area contributed by atoms with Gasteiger partial charge in [0.05, 0.1) is 33.1 Å². The lowest BCUT2D eigenvalue weighted by Gasteiger charge is -2.38. The number of phenolic OH excluding ortho intramolecular Hbond substituents is 1. The molecule has 2 aliphatic heterocycles. The first-order chi connectivity index (χ1) is 15.6. The van der Waals surface area contributed by atoms with Crippen LogP contribution < -0.4 is 18.9 Å². The molecule has 164 valence electrons. The normalized spacial score (nSPS) is 18.8. The second kappa shape index (κ2) is 8.00. The summed E-state index contributed by atoms with van der Waals surface area (Å²) in [5, 5.41) is 17.4. The van der Waals surface area contributed by atoms with Crippen LogP contribution in [-0.2, 0) is 0 Å². The molecule has 0 radical (unpaired) electrons. The number of hydrogen-bond donors (Lipinski definition) is 1. The van der Waals surface area contributed by atoms with Crippen LogP contribution in [0.3, 0.4) is 0 Å². The number of benzene rings is 3. The number of aromatic hydroxyl groups is 1. The molecule has 3 aromatic carbocycles. The molecule has 32 heavy (non-hydrogen) atoms. The zero-order valence-electron chi connectivity index (χ0n) is 18.1. The van der Waals surface area contributed by atoms with Gasteiger partial charge in [0, 0.05) is 23.1 Å². The van der Waals surface area contributed by atoms with Gasteiger partial charge in [-0.15, -0.1) is 0 Å². The number of rotatable bonds is 5. The van der Waals surface area contributed by atoms with Crippen LogP contribution in [0.25, 0.3) is 0 Å². The van der Waals surface area contributed by atoms with Crippen LogP contribution in [0.5, 0.6) is 28.7 Å². The predicted molar refractivity (Wildman–Crippen MR) is 120 cm³/mol. The standard InChI is InChI=1S/C25H24N2O5/c1-29-16-7-4-6-15(12-16)25-27-21(18-8-5-9-23(31-3)24(18)32-25)14-20(26-27)19-13-17(30-2)10-11-22(19)28/h4-13,21,25,28H,14H2,1-3H3/t21-,25+/m1/s1. The van der Waals surface area contributed by atoms with E-state index in [1.165, 1.54) is 0 Å². The molecule has 2 aliphatic rings. The van der Waals surface area contributed by atoms with Gasteiger partial charge < -0.3 is 24.1 Å². The van der Waals surface area contributed by atoms with E-state index in [0.717, 1.165) is 22.6 Å². The summed E-state index contributed by atoms with van der Waals surface area (Å²) < 4.78 is 22.8. The Balaban J connectivity index is 1.63. The van der Waals surface area contributed by atoms with E-state index in [2.05, 4.69) is 0 Å². The van der Waals surface area contributed by atoms with E-state index < -0.39 is 6.23 Å². The summed E-state index contributed by atoms with van der Waals surface area (Å²) in [4.78, 5) is 0. The van der Waals surface area contributed by atoms with Gasteiger partial charge in [0.2, 0.25) is 6.23 Å². The molecule has 2 atom stereocenters. The van der Waals surface area contributed by atoms with E-state index in [0.29, 0.717) is 29.2 Å². The average Bonchev–Trinajstić information content (AvgIpc) is 3.29. The topological polar surface area (TPSA) is 72.8 Å². The second-order valence-corrected chi connectivity index (χ2v) is 7.66. The molecular formula is C25H24N2O5. The Morgan fingerprint density at radius 2 is 1.72 bits per heavy atom. The quantitative estimate of drug-likeness (QED) is 0.632. The molecule has 0 saturated heterocycles. The fourth-order valence-corrected chi connectivity index (χ4v) is 4.30. The van der Waals surface area contributed by atoms with E-state index in [1.807, 2.05) is 47.5 Å². The van der Waals surface area contributed by atoms with Crippen molar-refractivity contribution in [1.29, 1.82) is 0 Å². The molecule has 0 unspecified atom stereocenters. The number of hydrazone groups is 1. The first-order valence-corrected chi connectivity index (χ1v) is 10.3. The number of para-hydroxylation sites is 1. The van der Waals surface area contributed by atoms with Crippen molar-refractivity contribution < 1.29 is 24.1 Å². The molecule has 0 fully saturated rings. The maximum Gasteiger partial charge on any atom is 0.214 e. The molecule has 2 heterocycles. The van der Waals surface area contributed by atoms with Crippen LogP contribution >= 0.6 is 0 Å². The Morgan fingerprint density at radius 3 is 2.50 bits per heavy atom. The third-order valence-electron chi connectivity index (χ3n) is 5.89. The van der Waals surface area contributed by atoms with Crippen molar-refractivity contribution >= 4 is 5.71 Å². The fraction of sp³-hybridized carbons (Fsp3) is 0.240. The maximum atomic E-state index is 10.5. The summed E-state index contributed by atoms with van der Waals surface area (Å²) in [7, 11) is 4.88. The van der Waals surface area contributed by atoms with Crippen molar-refractivity contribution in [3.05, 3.63) is 77.4 Å². The van der Waals surface area contributed by atoms with Crippen molar-refractivity contribution in [3.63, 3.8) is 0 Å². The number of hydrogen-bond acceptors (Lipinski definition) is 7. The minimum absolute atomic E-state index is 0.0781. The third-order valence-corrected chi connectivity index (χ3v) is 5.89. The summed E-state index contributed by atoms with van der Waals surface area (Å²) in [5.41, 5.74) is 3.31. The highest BCUT2D eigenvalue weighted by Crippen LogP contribution is 2.51. The highest BCUT2D eigenvalue weighted by molar-refractivity contribution is 6.04. The summed E-state index contributed by atoms with van der Waals surface area (Å²) in [5.74, 6) is 2.94. The Labute approximate surface area is 186 Å². The zero-order chi connectivity index (χ0) is 22.2. The van der Waals surface area contributed by atoms with E-state index in [1.54, 1.807) is 39.5 Å². The van der Waals surface area contributed by atoms with Crippen molar-refractivity contribution in [2.75, 3.05) is 21.3 Å². The number of nitrogens with zero attached hydrogens (tertiary/aromatic N) is 2. The number of fused-ring (bicyclic) bond motifs is 3. The van der Waals surface area contributed by atoms with Crippen LogP contribution in [0.1, 0.15) is 35.4 Å². The molecule has 1 N–H and O–H groups in total. The Kier molecular flexibility index (Phi) is 5.01. The van der Waals surface area contributed by atoms with Gasteiger partial charge in [-0.25, -0.2) is 5.01 Å². The first-order valence-electron chi connectivity index (χ1n) is 10.3. The lowest BCUT2D eigenvalue weighted by molar-refractivity contribution is -0.0210. The summed E-state index contributed by atoms with van der Waals surface area (Å²) in [6.45, 7) is 0. The lowest BCUT2D eigenvalue weighted by atomic mass is 9.95. The van der Waals surface area contributed by atoms with E-state index in [4.69, 9.17) is 24.0 Å². The molecule has 5 rings (SSSR count). The van der Waals surface area contributed by atoms with E-state index in [-0.39, 0.29) is 11.8 Å². The van der Waals surface area contributed by atoms with Crippen LogP contribution in [-0.4, -0.2) is 37.2 Å². The lowest BCUT2D eigenvalue weighted by Crippen LogP contribution is -2.33. The Hall–Kier alpha value is -3.87. The maximum absolute atomic E-state index is 10.5. The van der Waals surface area contributed by atoms with Crippen LogP contribution in [0, 0.1) is 0 Å². The van der Waals surface area contributed by atoms with Gasteiger partial charge in [0.15, 0.2) is 11.5 Å². The molecule has 3 aromatic rings. The molecule has 0 spiro atoms. The molecule has 7 heteroatoms. The highest BCUT2D eigenvalue weighted by atomic mass is 16.5. The SMILES string of the molecule is COc1cccc([C@@H]2Oc3c(OC)cccc3[C@H]3CC(c4cc(OC)ccc4O)=NN32)c1. The third kappa shape index (κ3) is 3.26. The van der Waals surface area contributed by atoms with Crippen LogP contribution in [0.2, 0.25) is 0 Å². The molecule has 0 aliphatic carbocycles. The number of ether oxygens (including phenoxy) is 4. The molecule has 0 saturated carbocycles. The van der Waals surface area contributed by atoms with Gasteiger partial charge in [-0.1, -0.05) is 24.3 Å². The molecule has 7 nitrogen and oxygen atoms in total. The minimum Gasteiger partial charge on any atom is -0.507 e. The zero-order valence-corrected chi connectivity index (χ0v) is 18.1. The van der Waals surface area contributed by atoms with Crippen molar-refractivity contribution in [2.24, 2.45) is 5.10 Å². The van der Waals surface area contributed by atoms with Gasteiger partial charge in [0.1, 0.15) is 17.2 Å². The van der Waals surface area contributed by atoms with Crippen molar-refractivity contribution in [2.45, 2.75) is 18.7 Å². The number of phenols is 1. The number of methoxy groups -OCH3 is 3. The summed E-state index contributed by atoms with van der Waals surface area (Å²) in [6, 6.07) is 18.7. The van der Waals surface area contributed by atoms with Crippen LogP contribution in [0.4, 0.5) is 0 Å². The minimum atomic E-state index is -0.482. The second-order valence-electron chi connectivity index (χ2n) is 7.66. The Morgan fingerprint density at radius 1 is 0.938 bits per heavy atom. The molecular weight excluding hydrogens is 408 g/mol. The monoisotopic (exact) mass is 432 g/mol. The van der Waals surface area contributed by atoms with E-state index in [9.17, 15) is 5.11 Å². The van der Waals surface area contributed by atoms with Gasteiger partial charge in [0.25, 0.3) is 0 Å². The first kappa shape index (κ1) is 20.1. The molecule has 0 amide bonds. The Bertz CT molecular complexity index is 1190. The van der Waals surface area contributed by atoms with Gasteiger partial charge >= 0.3 is 0 Å². The van der Waals surface area contributed by atoms with Gasteiger partial charge in [-0.2, -0.15) is 5.10 Å². The fourth-order valence-electron chi connectivity index (χ4n) is 4.30. The van der Waals surface area contributed by atoms with E-state index >= 15 is 0 Å². The molecule has 0 bridgehead atoms. The van der Waals surface area contributed by atoms with Crippen LogP contribution in [0.15, 0.2) is 65.8 Å². The highest BCUT2D eigenvalue weighted by Gasteiger charge is 2.42. The molecule has 0 aromatic heterocycles. The van der Waals surface area contributed by atoms with Crippen molar-refractivity contribution in [1.82, 2.24) is 5.01 Å². The smallest absolute Gasteiger partial charge is 0.214 e. The summed E-state index contributed by atoms with van der Waals surface area (Å²) in [6.07, 6.45) is 0.120. The average molecular weight is 432 g/mol. The summed E-state index contributed by atoms with van der Waals surface area (Å²) >= 11 is 0. The van der Waals surface area contributed by atoms with Crippen molar-refractivity contribution in [3.8, 4) is 28.7 Å². The largest absolute Gasteiger partial charge is 0.507 e. The van der Waals surface area contributed by atoms with Gasteiger partial charge in [-0.3, -0.25) is 0 Å².